The van der Waals surface area contributed by atoms with Gasteiger partial charge in [0.1, 0.15) is 11.6 Å². The lowest BCUT2D eigenvalue weighted by atomic mass is 10.2. The Morgan fingerprint density at radius 1 is 1.38 bits per heavy atom. The van der Waals surface area contributed by atoms with E-state index < -0.39 is 0 Å². The molecule has 0 amide bonds. The lowest BCUT2D eigenvalue weighted by molar-refractivity contribution is 0.259. The van der Waals surface area contributed by atoms with Crippen LogP contribution in [0.3, 0.4) is 0 Å². The van der Waals surface area contributed by atoms with E-state index in [9.17, 15) is 4.39 Å². The fourth-order valence-electron chi connectivity index (χ4n) is 1.30. The molecule has 0 fully saturated rings. The van der Waals surface area contributed by atoms with Crippen LogP contribution in [-0.4, -0.2) is 11.7 Å². The summed E-state index contributed by atoms with van der Waals surface area (Å²) in [5.74, 6) is 0.113. The predicted octanol–water partition coefficient (Wildman–Crippen LogP) is 2.39. The van der Waals surface area contributed by atoms with Crippen molar-refractivity contribution in [2.45, 2.75) is 25.9 Å². The van der Waals surface area contributed by atoms with E-state index in [0.29, 0.717) is 24.3 Å². The molecule has 0 aliphatic carbocycles. The SMILES string of the molecule is N#CCCCCOc1ccc(F)cc1CO. The highest BCUT2D eigenvalue weighted by atomic mass is 19.1. The Morgan fingerprint density at radius 2 is 2.19 bits per heavy atom. The zero-order chi connectivity index (χ0) is 11.8. The lowest BCUT2D eigenvalue weighted by Gasteiger charge is -2.09. The second-order valence-electron chi connectivity index (χ2n) is 3.37. The average Bonchev–Trinajstić information content (AvgIpc) is 2.30. The summed E-state index contributed by atoms with van der Waals surface area (Å²) in [5, 5.41) is 17.3. The molecule has 0 aromatic heterocycles. The van der Waals surface area contributed by atoms with Crippen LogP contribution < -0.4 is 4.74 Å². The quantitative estimate of drug-likeness (QED) is 0.753. The highest BCUT2D eigenvalue weighted by Crippen LogP contribution is 2.19. The third kappa shape index (κ3) is 3.87. The minimum atomic E-state index is -0.388. The van der Waals surface area contributed by atoms with E-state index in [1.54, 1.807) is 0 Å². The summed E-state index contributed by atoms with van der Waals surface area (Å²) in [4.78, 5) is 0. The first-order valence-electron chi connectivity index (χ1n) is 5.17. The molecule has 0 saturated carbocycles. The van der Waals surface area contributed by atoms with Gasteiger partial charge >= 0.3 is 0 Å². The molecule has 0 bridgehead atoms. The second-order valence-corrected chi connectivity index (χ2v) is 3.37. The number of aliphatic hydroxyl groups is 1. The van der Waals surface area contributed by atoms with Gasteiger partial charge in [-0.2, -0.15) is 5.26 Å². The maximum absolute atomic E-state index is 12.8. The number of ether oxygens (including phenoxy) is 1. The van der Waals surface area contributed by atoms with Gasteiger partial charge in [0, 0.05) is 12.0 Å². The fraction of sp³-hybridized carbons (Fsp3) is 0.417. The maximum Gasteiger partial charge on any atom is 0.125 e. The summed E-state index contributed by atoms with van der Waals surface area (Å²) in [6.45, 7) is 0.228. The van der Waals surface area contributed by atoms with Crippen LogP contribution in [0, 0.1) is 17.1 Å². The van der Waals surface area contributed by atoms with Crippen LogP contribution in [0.2, 0.25) is 0 Å². The summed E-state index contributed by atoms with van der Waals surface area (Å²) >= 11 is 0. The molecule has 16 heavy (non-hydrogen) atoms. The minimum absolute atomic E-state index is 0.245. The molecule has 0 atom stereocenters. The number of unbranched alkanes of at least 4 members (excludes halogenated alkanes) is 2. The van der Waals surface area contributed by atoms with Gasteiger partial charge in [0.25, 0.3) is 0 Å². The Hall–Kier alpha value is -1.60. The number of hydrogen-bond acceptors (Lipinski definition) is 3. The summed E-state index contributed by atoms with van der Waals surface area (Å²) < 4.78 is 18.2. The van der Waals surface area contributed by atoms with Gasteiger partial charge in [-0.15, -0.1) is 0 Å². The summed E-state index contributed by atoms with van der Waals surface area (Å²) in [6.07, 6.45) is 2.07. The molecule has 0 aliphatic heterocycles. The van der Waals surface area contributed by atoms with Crippen molar-refractivity contribution in [3.63, 3.8) is 0 Å². The summed E-state index contributed by atoms with van der Waals surface area (Å²) in [7, 11) is 0. The number of nitriles is 1. The topological polar surface area (TPSA) is 53.2 Å². The second kappa shape index (κ2) is 6.81. The standard InChI is InChI=1S/C12H14FNO2/c13-11-4-5-12(10(8-11)9-15)16-7-3-1-2-6-14/h4-5,8,15H,1-3,7,9H2. The predicted molar refractivity (Wildman–Crippen MR) is 57.3 cm³/mol. The van der Waals surface area contributed by atoms with Crippen LogP contribution in [0.15, 0.2) is 18.2 Å². The minimum Gasteiger partial charge on any atom is -0.493 e. The van der Waals surface area contributed by atoms with Crippen molar-refractivity contribution in [3.05, 3.63) is 29.6 Å². The van der Waals surface area contributed by atoms with Gasteiger partial charge in [0.2, 0.25) is 0 Å². The van der Waals surface area contributed by atoms with Gasteiger partial charge in [0.05, 0.1) is 19.3 Å². The molecule has 86 valence electrons. The Balaban J connectivity index is 2.44. The van der Waals surface area contributed by atoms with Crippen LogP contribution in [0.1, 0.15) is 24.8 Å². The van der Waals surface area contributed by atoms with Crippen LogP contribution in [0.25, 0.3) is 0 Å². The maximum atomic E-state index is 12.8. The molecule has 3 nitrogen and oxygen atoms in total. The van der Waals surface area contributed by atoms with Gasteiger partial charge < -0.3 is 9.84 Å². The Bertz CT molecular complexity index is 374. The van der Waals surface area contributed by atoms with Crippen molar-refractivity contribution in [1.29, 1.82) is 5.26 Å². The van der Waals surface area contributed by atoms with Crippen molar-refractivity contribution in [1.82, 2.24) is 0 Å². The van der Waals surface area contributed by atoms with Crippen molar-refractivity contribution < 1.29 is 14.2 Å². The van der Waals surface area contributed by atoms with Crippen LogP contribution in [-0.2, 0) is 6.61 Å². The molecule has 0 spiro atoms. The van der Waals surface area contributed by atoms with Gasteiger partial charge in [0.15, 0.2) is 0 Å². The number of aliphatic hydroxyl groups excluding tert-OH is 1. The van der Waals surface area contributed by atoms with Crippen LogP contribution in [0.4, 0.5) is 4.39 Å². The number of nitrogens with zero attached hydrogens (tertiary/aromatic N) is 1. The van der Waals surface area contributed by atoms with Gasteiger partial charge in [-0.3, -0.25) is 0 Å². The van der Waals surface area contributed by atoms with E-state index in [1.807, 2.05) is 0 Å². The van der Waals surface area contributed by atoms with Gasteiger partial charge in [-0.05, 0) is 31.0 Å². The first-order valence-corrected chi connectivity index (χ1v) is 5.17. The molecule has 0 heterocycles. The van der Waals surface area contributed by atoms with E-state index >= 15 is 0 Å². The first-order chi connectivity index (χ1) is 7.77. The fourth-order valence-corrected chi connectivity index (χ4v) is 1.30. The molecule has 4 heteroatoms. The highest BCUT2D eigenvalue weighted by Gasteiger charge is 2.04. The monoisotopic (exact) mass is 223 g/mol. The third-order valence-corrected chi connectivity index (χ3v) is 2.13. The largest absolute Gasteiger partial charge is 0.493 e. The average molecular weight is 223 g/mol. The van der Waals surface area contributed by atoms with E-state index in [2.05, 4.69) is 6.07 Å². The third-order valence-electron chi connectivity index (χ3n) is 2.13. The molecular weight excluding hydrogens is 209 g/mol. The van der Waals surface area contributed by atoms with E-state index in [1.165, 1.54) is 18.2 Å². The van der Waals surface area contributed by atoms with E-state index in [4.69, 9.17) is 15.1 Å². The smallest absolute Gasteiger partial charge is 0.125 e. The van der Waals surface area contributed by atoms with Crippen LogP contribution >= 0.6 is 0 Å². The molecule has 0 saturated heterocycles. The molecule has 1 aromatic rings. The zero-order valence-corrected chi connectivity index (χ0v) is 8.95. The Morgan fingerprint density at radius 3 is 2.88 bits per heavy atom. The molecule has 1 aromatic carbocycles. The molecular formula is C12H14FNO2. The zero-order valence-electron chi connectivity index (χ0n) is 8.95. The summed E-state index contributed by atoms with van der Waals surface area (Å²) in [6, 6.07) is 6.11. The molecule has 0 aliphatic rings. The van der Waals surface area contributed by atoms with Gasteiger partial charge in [-0.1, -0.05) is 0 Å². The normalized spacial score (nSPS) is 9.81. The van der Waals surface area contributed by atoms with Gasteiger partial charge in [-0.25, -0.2) is 4.39 Å². The molecule has 0 radical (unpaired) electrons. The lowest BCUT2D eigenvalue weighted by Crippen LogP contribution is -2.00. The van der Waals surface area contributed by atoms with E-state index in [0.717, 1.165) is 12.8 Å². The number of hydrogen-bond donors (Lipinski definition) is 1. The summed E-state index contributed by atoms with van der Waals surface area (Å²) in [5.41, 5.74) is 0.445. The van der Waals surface area contributed by atoms with Crippen LogP contribution in [0.5, 0.6) is 5.75 Å². The number of rotatable bonds is 6. The Kier molecular flexibility index (Phi) is 5.30. The number of benzene rings is 1. The molecule has 0 unspecified atom stereocenters. The molecule has 1 N–H and O–H groups in total. The number of halogens is 1. The Labute approximate surface area is 94.1 Å². The highest BCUT2D eigenvalue weighted by molar-refractivity contribution is 5.33. The first kappa shape index (κ1) is 12.5. The van der Waals surface area contributed by atoms with Crippen molar-refractivity contribution in [2.24, 2.45) is 0 Å². The van der Waals surface area contributed by atoms with E-state index in [-0.39, 0.29) is 12.4 Å². The van der Waals surface area contributed by atoms with Crippen molar-refractivity contribution in [2.75, 3.05) is 6.61 Å². The van der Waals surface area contributed by atoms with Crippen molar-refractivity contribution >= 4 is 0 Å². The van der Waals surface area contributed by atoms with Crippen molar-refractivity contribution in [3.8, 4) is 11.8 Å². The molecule has 1 rings (SSSR count).